The van der Waals surface area contributed by atoms with E-state index in [9.17, 15) is 4.39 Å². The number of benzene rings is 1. The molecule has 2 fully saturated rings. The molecule has 3 atom stereocenters. The van der Waals surface area contributed by atoms with Gasteiger partial charge in [0.05, 0.1) is 11.9 Å². The summed E-state index contributed by atoms with van der Waals surface area (Å²) in [4.78, 5) is 7.91. The number of hydrogen-bond donors (Lipinski definition) is 2. The normalized spacial score (nSPS) is 28.2. The van der Waals surface area contributed by atoms with Crippen molar-refractivity contribution < 1.29 is 4.39 Å². The van der Waals surface area contributed by atoms with Gasteiger partial charge in [0.1, 0.15) is 11.6 Å². The summed E-state index contributed by atoms with van der Waals surface area (Å²) < 4.78 is 13.7. The van der Waals surface area contributed by atoms with Crippen molar-refractivity contribution in [3.05, 3.63) is 41.6 Å². The van der Waals surface area contributed by atoms with Gasteiger partial charge in [-0.15, -0.1) is 0 Å². The van der Waals surface area contributed by atoms with Crippen molar-refractivity contribution in [2.24, 2.45) is 0 Å². The third kappa shape index (κ3) is 1.86. The predicted octanol–water partition coefficient (Wildman–Crippen LogP) is 3.13. The van der Waals surface area contributed by atoms with Crippen LogP contribution in [0.4, 0.5) is 4.39 Å². The van der Waals surface area contributed by atoms with Crippen LogP contribution in [-0.2, 0) is 0 Å². The Hall–Kier alpha value is -1.68. The molecule has 2 aliphatic heterocycles. The van der Waals surface area contributed by atoms with Gasteiger partial charge in [0.15, 0.2) is 0 Å². The minimum absolute atomic E-state index is 0.166. The van der Waals surface area contributed by atoms with E-state index >= 15 is 0 Å². The zero-order valence-electron chi connectivity index (χ0n) is 11.5. The van der Waals surface area contributed by atoms with E-state index in [1.807, 2.05) is 18.3 Å². The quantitative estimate of drug-likeness (QED) is 0.881. The smallest absolute Gasteiger partial charge is 0.126 e. The lowest BCUT2D eigenvalue weighted by Gasteiger charge is -2.17. The molecule has 1 aromatic carbocycles. The lowest BCUT2D eigenvalue weighted by molar-refractivity contribution is 0.490. The SMILES string of the molecule is Cc1ccc(-c2cnc(C3CC4CCC3N4)[nH]2)cc1F. The number of nitrogens with one attached hydrogen (secondary N) is 2. The fraction of sp³-hybridized carbons (Fsp3) is 0.438. The summed E-state index contributed by atoms with van der Waals surface area (Å²) in [6, 6.07) is 6.55. The van der Waals surface area contributed by atoms with E-state index in [4.69, 9.17) is 0 Å². The maximum absolute atomic E-state index is 13.7. The zero-order valence-corrected chi connectivity index (χ0v) is 11.5. The van der Waals surface area contributed by atoms with Gasteiger partial charge in [0.2, 0.25) is 0 Å². The Morgan fingerprint density at radius 3 is 2.90 bits per heavy atom. The number of rotatable bonds is 2. The molecule has 0 spiro atoms. The van der Waals surface area contributed by atoms with E-state index in [1.54, 1.807) is 13.0 Å². The molecule has 3 unspecified atom stereocenters. The lowest BCUT2D eigenvalue weighted by atomic mass is 9.89. The summed E-state index contributed by atoms with van der Waals surface area (Å²) in [5.74, 6) is 1.36. The first kappa shape index (κ1) is 12.1. The number of halogens is 1. The van der Waals surface area contributed by atoms with Crippen molar-refractivity contribution in [2.45, 2.75) is 44.2 Å². The average molecular weight is 271 g/mol. The summed E-state index contributed by atoms with van der Waals surface area (Å²) in [5.41, 5.74) is 2.44. The standard InChI is InChI=1S/C16H18FN3/c1-9-2-3-10(6-13(9)17)15-8-18-16(20-15)12-7-11-4-5-14(12)19-11/h2-3,6,8,11-12,14,19H,4-5,7H2,1H3,(H,18,20). The van der Waals surface area contributed by atoms with Crippen molar-refractivity contribution in [1.29, 1.82) is 0 Å². The number of imidazole rings is 1. The van der Waals surface area contributed by atoms with Crippen LogP contribution in [0.2, 0.25) is 0 Å². The number of aromatic nitrogens is 2. The second kappa shape index (κ2) is 4.42. The Morgan fingerprint density at radius 1 is 1.30 bits per heavy atom. The third-order valence-electron chi connectivity index (χ3n) is 4.73. The lowest BCUT2D eigenvalue weighted by Crippen LogP contribution is -2.22. The molecule has 2 aliphatic rings. The van der Waals surface area contributed by atoms with Crippen molar-refractivity contribution >= 4 is 0 Å². The highest BCUT2D eigenvalue weighted by Gasteiger charge is 2.41. The highest BCUT2D eigenvalue weighted by molar-refractivity contribution is 5.59. The molecule has 2 N–H and O–H groups in total. The fourth-order valence-corrected chi connectivity index (χ4v) is 3.56. The number of nitrogens with zero attached hydrogens (tertiary/aromatic N) is 1. The van der Waals surface area contributed by atoms with Crippen LogP contribution in [-0.4, -0.2) is 22.1 Å². The monoisotopic (exact) mass is 271 g/mol. The summed E-state index contributed by atoms with van der Waals surface area (Å²) in [5, 5.41) is 3.62. The highest BCUT2D eigenvalue weighted by atomic mass is 19.1. The third-order valence-corrected chi connectivity index (χ3v) is 4.73. The molecule has 2 saturated heterocycles. The van der Waals surface area contributed by atoms with Crippen LogP contribution in [0.15, 0.2) is 24.4 Å². The van der Waals surface area contributed by atoms with Crippen LogP contribution in [0.25, 0.3) is 11.3 Å². The maximum atomic E-state index is 13.7. The Morgan fingerprint density at radius 2 is 2.20 bits per heavy atom. The molecule has 1 aromatic heterocycles. The van der Waals surface area contributed by atoms with Gasteiger partial charge in [-0.05, 0) is 37.8 Å². The largest absolute Gasteiger partial charge is 0.342 e. The summed E-state index contributed by atoms with van der Waals surface area (Å²) in [6.07, 6.45) is 5.52. The first-order valence-electron chi connectivity index (χ1n) is 7.28. The molecule has 2 bridgehead atoms. The zero-order chi connectivity index (χ0) is 13.7. The van der Waals surface area contributed by atoms with Gasteiger partial charge in [-0.3, -0.25) is 0 Å². The van der Waals surface area contributed by atoms with Crippen LogP contribution in [0.5, 0.6) is 0 Å². The first-order chi connectivity index (χ1) is 9.70. The molecule has 0 saturated carbocycles. The van der Waals surface area contributed by atoms with Crippen molar-refractivity contribution in [1.82, 2.24) is 15.3 Å². The van der Waals surface area contributed by atoms with Gasteiger partial charge in [0.25, 0.3) is 0 Å². The van der Waals surface area contributed by atoms with Gasteiger partial charge in [0, 0.05) is 23.6 Å². The first-order valence-corrected chi connectivity index (χ1v) is 7.28. The molecule has 104 valence electrons. The van der Waals surface area contributed by atoms with E-state index in [-0.39, 0.29) is 5.82 Å². The summed E-state index contributed by atoms with van der Waals surface area (Å²) >= 11 is 0. The van der Waals surface area contributed by atoms with E-state index in [2.05, 4.69) is 15.3 Å². The van der Waals surface area contributed by atoms with Gasteiger partial charge < -0.3 is 10.3 Å². The van der Waals surface area contributed by atoms with Crippen molar-refractivity contribution in [2.75, 3.05) is 0 Å². The van der Waals surface area contributed by atoms with E-state index in [0.29, 0.717) is 23.6 Å². The minimum Gasteiger partial charge on any atom is -0.342 e. The molecule has 0 radical (unpaired) electrons. The van der Waals surface area contributed by atoms with Crippen molar-refractivity contribution in [3.8, 4) is 11.3 Å². The average Bonchev–Trinajstić information content (AvgIpc) is 3.16. The number of fused-ring (bicyclic) bond motifs is 2. The van der Waals surface area contributed by atoms with Crippen LogP contribution in [0.3, 0.4) is 0 Å². The van der Waals surface area contributed by atoms with Crippen LogP contribution < -0.4 is 5.32 Å². The molecule has 4 heteroatoms. The second-order valence-electron chi connectivity index (χ2n) is 6.04. The molecule has 4 rings (SSSR count). The molecule has 0 aliphatic carbocycles. The number of aryl methyl sites for hydroxylation is 1. The van der Waals surface area contributed by atoms with Gasteiger partial charge in [-0.1, -0.05) is 12.1 Å². The maximum Gasteiger partial charge on any atom is 0.126 e. The molecule has 3 nitrogen and oxygen atoms in total. The topological polar surface area (TPSA) is 40.7 Å². The molecule has 20 heavy (non-hydrogen) atoms. The van der Waals surface area contributed by atoms with E-state index in [1.165, 1.54) is 19.3 Å². The predicted molar refractivity (Wildman–Crippen MR) is 76.0 cm³/mol. The van der Waals surface area contributed by atoms with Gasteiger partial charge in [-0.25, -0.2) is 9.37 Å². The summed E-state index contributed by atoms with van der Waals surface area (Å²) in [7, 11) is 0. The number of hydrogen-bond acceptors (Lipinski definition) is 2. The minimum atomic E-state index is -0.166. The Kier molecular flexibility index (Phi) is 2.67. The Labute approximate surface area is 117 Å². The molecule has 3 heterocycles. The van der Waals surface area contributed by atoms with Crippen LogP contribution in [0.1, 0.15) is 36.6 Å². The Balaban J connectivity index is 1.63. The van der Waals surface area contributed by atoms with Crippen molar-refractivity contribution in [3.63, 3.8) is 0 Å². The van der Waals surface area contributed by atoms with E-state index < -0.39 is 0 Å². The van der Waals surface area contributed by atoms with Gasteiger partial charge in [-0.2, -0.15) is 0 Å². The molecular weight excluding hydrogens is 253 g/mol. The van der Waals surface area contributed by atoms with E-state index in [0.717, 1.165) is 17.1 Å². The number of H-pyrrole nitrogens is 1. The van der Waals surface area contributed by atoms with Gasteiger partial charge >= 0.3 is 0 Å². The summed E-state index contributed by atoms with van der Waals surface area (Å²) in [6.45, 7) is 1.78. The molecule has 2 aromatic rings. The highest BCUT2D eigenvalue weighted by Crippen LogP contribution is 2.39. The van der Waals surface area contributed by atoms with Crippen LogP contribution >= 0.6 is 0 Å². The fourth-order valence-electron chi connectivity index (χ4n) is 3.56. The molecule has 0 amide bonds. The Bertz CT molecular complexity index is 649. The molecular formula is C16H18FN3. The second-order valence-corrected chi connectivity index (χ2v) is 6.04. The number of aromatic amines is 1. The van der Waals surface area contributed by atoms with Crippen LogP contribution in [0, 0.1) is 12.7 Å².